The number of rotatable bonds is 2. The lowest BCUT2D eigenvalue weighted by molar-refractivity contribution is 0.561. The number of nitrogens with zero attached hydrogens (tertiary/aromatic N) is 4. The van der Waals surface area contributed by atoms with Crippen LogP contribution >= 0.6 is 0 Å². The van der Waals surface area contributed by atoms with Crippen molar-refractivity contribution in [1.82, 2.24) is 14.5 Å². The summed E-state index contributed by atoms with van der Waals surface area (Å²) in [4.78, 5) is 11.9. The van der Waals surface area contributed by atoms with Crippen molar-refractivity contribution in [3.63, 3.8) is 0 Å². The average molecular weight is 427 g/mol. The highest BCUT2D eigenvalue weighted by molar-refractivity contribution is 6.07. The molecule has 158 valence electrons. The Hall–Kier alpha value is -4.18. The molecule has 4 heteroatoms. The molecule has 4 nitrogen and oxygen atoms in total. The van der Waals surface area contributed by atoms with Crippen molar-refractivity contribution in [2.45, 2.75) is 18.8 Å². The van der Waals surface area contributed by atoms with Gasteiger partial charge in [-0.2, -0.15) is 0 Å². The highest BCUT2D eigenvalue weighted by Gasteiger charge is 2.45. The molecule has 0 saturated heterocycles. The van der Waals surface area contributed by atoms with Crippen LogP contribution in [0.3, 0.4) is 0 Å². The van der Waals surface area contributed by atoms with Crippen LogP contribution in [0.15, 0.2) is 109 Å². The molecule has 1 atom stereocenters. The van der Waals surface area contributed by atoms with Crippen LogP contribution in [0.25, 0.3) is 27.6 Å². The summed E-state index contributed by atoms with van der Waals surface area (Å²) in [6.45, 7) is 2.30. The van der Waals surface area contributed by atoms with E-state index in [1.165, 1.54) is 11.1 Å². The van der Waals surface area contributed by atoms with Gasteiger partial charge in [0.05, 0.1) is 33.3 Å². The maximum absolute atomic E-state index is 4.82. The molecule has 0 radical (unpaired) electrons. The predicted molar refractivity (Wildman–Crippen MR) is 134 cm³/mol. The number of aromatic nitrogens is 3. The lowest BCUT2D eigenvalue weighted by Crippen LogP contribution is -2.27. The van der Waals surface area contributed by atoms with Gasteiger partial charge < -0.3 is 9.47 Å². The number of fused-ring (bicyclic) bond motifs is 6. The summed E-state index contributed by atoms with van der Waals surface area (Å²) < 4.78 is 2.32. The molecular formula is C29H22N4. The molecule has 5 aromatic rings. The summed E-state index contributed by atoms with van der Waals surface area (Å²) in [5.41, 5.74) is 9.04. The van der Waals surface area contributed by atoms with Crippen LogP contribution in [0.5, 0.6) is 0 Å². The van der Waals surface area contributed by atoms with E-state index in [9.17, 15) is 0 Å². The van der Waals surface area contributed by atoms with E-state index in [2.05, 4.69) is 95.3 Å². The maximum Gasteiger partial charge on any atom is 0.0963 e. The van der Waals surface area contributed by atoms with Gasteiger partial charge in [0.15, 0.2) is 0 Å². The third-order valence-electron chi connectivity index (χ3n) is 7.05. The molecule has 0 saturated carbocycles. The third kappa shape index (κ3) is 2.46. The van der Waals surface area contributed by atoms with Crippen LogP contribution in [-0.2, 0) is 5.41 Å². The van der Waals surface area contributed by atoms with Crippen molar-refractivity contribution in [2.75, 3.05) is 4.90 Å². The number of benzene rings is 2. The smallest absolute Gasteiger partial charge is 0.0963 e. The summed E-state index contributed by atoms with van der Waals surface area (Å²) in [7, 11) is 0. The topological polar surface area (TPSA) is 34.0 Å². The fourth-order valence-electron chi connectivity index (χ4n) is 5.53. The van der Waals surface area contributed by atoms with Gasteiger partial charge in [0.1, 0.15) is 0 Å². The summed E-state index contributed by atoms with van der Waals surface area (Å²) in [5.74, 6) is 0. The Bertz CT molecular complexity index is 1570. The highest BCUT2D eigenvalue weighted by Crippen LogP contribution is 2.53. The lowest BCUT2D eigenvalue weighted by atomic mass is 9.79. The first kappa shape index (κ1) is 18.4. The molecular weight excluding hydrogens is 404 g/mol. The van der Waals surface area contributed by atoms with E-state index in [0.29, 0.717) is 0 Å². The zero-order valence-electron chi connectivity index (χ0n) is 18.3. The molecule has 3 aromatic heterocycles. The molecule has 33 heavy (non-hydrogen) atoms. The fourth-order valence-corrected chi connectivity index (χ4v) is 5.53. The number of pyridine rings is 2. The number of allylic oxidation sites excluding steroid dienone is 4. The first-order valence-electron chi connectivity index (χ1n) is 11.3. The van der Waals surface area contributed by atoms with Crippen LogP contribution in [0.2, 0.25) is 0 Å². The van der Waals surface area contributed by atoms with Crippen LogP contribution in [0.4, 0.5) is 11.4 Å². The molecule has 1 unspecified atom stereocenters. The minimum absolute atomic E-state index is 0.113. The van der Waals surface area contributed by atoms with Crippen LogP contribution < -0.4 is 4.90 Å². The Labute approximate surface area is 192 Å². The van der Waals surface area contributed by atoms with Crippen LogP contribution in [0.1, 0.15) is 19.0 Å². The lowest BCUT2D eigenvalue weighted by Gasteiger charge is -2.30. The largest absolute Gasteiger partial charge is 0.311 e. The van der Waals surface area contributed by atoms with Gasteiger partial charge >= 0.3 is 0 Å². The Morgan fingerprint density at radius 2 is 1.64 bits per heavy atom. The first-order chi connectivity index (χ1) is 16.3. The van der Waals surface area contributed by atoms with E-state index in [-0.39, 0.29) is 5.41 Å². The molecule has 2 aromatic carbocycles. The average Bonchev–Trinajstić information content (AvgIpc) is 3.34. The molecule has 0 fully saturated rings. The number of hydrogen-bond acceptors (Lipinski definition) is 3. The van der Waals surface area contributed by atoms with E-state index < -0.39 is 0 Å². The third-order valence-corrected chi connectivity index (χ3v) is 7.05. The monoisotopic (exact) mass is 426 g/mol. The second-order valence-electron chi connectivity index (χ2n) is 8.97. The number of para-hydroxylation sites is 1. The molecule has 2 aliphatic rings. The SMILES string of the molecule is CC12CC=CC=C1N(c1cccc(-n3c4ccccc4c4ncccc43)c1)c1cccnc12. The van der Waals surface area contributed by atoms with Gasteiger partial charge in [0.2, 0.25) is 0 Å². The van der Waals surface area contributed by atoms with Crippen molar-refractivity contribution in [3.8, 4) is 5.69 Å². The second-order valence-corrected chi connectivity index (χ2v) is 8.97. The minimum atomic E-state index is -0.113. The molecule has 1 aliphatic carbocycles. The molecule has 1 aliphatic heterocycles. The van der Waals surface area contributed by atoms with E-state index in [1.807, 2.05) is 24.5 Å². The van der Waals surface area contributed by atoms with E-state index >= 15 is 0 Å². The molecule has 0 amide bonds. The molecule has 0 spiro atoms. The summed E-state index contributed by atoms with van der Waals surface area (Å²) >= 11 is 0. The standard InChI is InChI=1S/C29H22N4/c1-29-16-5-4-15-26(29)33(25-14-8-18-31-28(25)29)21-10-6-9-20(19-21)32-23-12-3-2-11-22(23)27-24(32)13-7-17-30-27/h2-15,17-19H,16H2,1H3. The van der Waals surface area contributed by atoms with E-state index in [0.717, 1.165) is 45.7 Å². The second kappa shape index (κ2) is 6.66. The Morgan fingerprint density at radius 3 is 2.61 bits per heavy atom. The minimum Gasteiger partial charge on any atom is -0.311 e. The van der Waals surface area contributed by atoms with Gasteiger partial charge in [0.25, 0.3) is 0 Å². The molecule has 0 bridgehead atoms. The van der Waals surface area contributed by atoms with Crippen molar-refractivity contribution in [2.24, 2.45) is 0 Å². The van der Waals surface area contributed by atoms with Gasteiger partial charge in [-0.1, -0.05) is 36.4 Å². The normalized spacial score (nSPS) is 19.1. The summed E-state index contributed by atoms with van der Waals surface area (Å²) in [5, 5.41) is 1.17. The van der Waals surface area contributed by atoms with Crippen molar-refractivity contribution in [3.05, 3.63) is 115 Å². The van der Waals surface area contributed by atoms with E-state index in [4.69, 9.17) is 9.97 Å². The first-order valence-corrected chi connectivity index (χ1v) is 11.3. The zero-order chi connectivity index (χ0) is 22.0. The number of anilines is 2. The maximum atomic E-state index is 4.82. The highest BCUT2D eigenvalue weighted by atomic mass is 15.2. The van der Waals surface area contributed by atoms with E-state index in [1.54, 1.807) is 0 Å². The van der Waals surface area contributed by atoms with Gasteiger partial charge in [-0.15, -0.1) is 0 Å². The van der Waals surface area contributed by atoms with Gasteiger partial charge in [-0.25, -0.2) is 0 Å². The van der Waals surface area contributed by atoms with Crippen LogP contribution in [0, 0.1) is 0 Å². The predicted octanol–water partition coefficient (Wildman–Crippen LogP) is 6.83. The quantitative estimate of drug-likeness (QED) is 0.310. The van der Waals surface area contributed by atoms with Gasteiger partial charge in [-0.05, 0) is 68.0 Å². The Balaban J connectivity index is 1.47. The van der Waals surface area contributed by atoms with Crippen molar-refractivity contribution in [1.29, 1.82) is 0 Å². The van der Waals surface area contributed by atoms with Crippen molar-refractivity contribution >= 4 is 33.3 Å². The fraction of sp³-hybridized carbons (Fsp3) is 0.103. The summed E-state index contributed by atoms with van der Waals surface area (Å²) in [6.07, 6.45) is 11.4. The molecule has 4 heterocycles. The summed E-state index contributed by atoms with van der Waals surface area (Å²) in [6, 6.07) is 25.7. The van der Waals surface area contributed by atoms with Gasteiger partial charge in [0, 0.05) is 34.9 Å². The Kier molecular flexibility index (Phi) is 3.71. The Morgan fingerprint density at radius 1 is 0.818 bits per heavy atom. The molecule has 7 rings (SSSR count). The van der Waals surface area contributed by atoms with Crippen molar-refractivity contribution < 1.29 is 0 Å². The number of hydrogen-bond donors (Lipinski definition) is 0. The zero-order valence-corrected chi connectivity index (χ0v) is 18.3. The van der Waals surface area contributed by atoms with Crippen LogP contribution in [-0.4, -0.2) is 14.5 Å². The van der Waals surface area contributed by atoms with Gasteiger partial charge in [-0.3, -0.25) is 9.97 Å². The molecule has 0 N–H and O–H groups in total.